The molecule has 8 nitrogen and oxygen atoms in total. The number of esters is 1. The Bertz CT molecular complexity index is 1020. The zero-order valence-corrected chi connectivity index (χ0v) is 17.7. The van der Waals surface area contributed by atoms with Crippen LogP contribution in [0.2, 0.25) is 0 Å². The predicted molar refractivity (Wildman–Crippen MR) is 111 cm³/mol. The minimum absolute atomic E-state index is 0.120. The zero-order valence-electron chi connectivity index (χ0n) is 17.7. The number of carbonyl (C=O) groups excluding carboxylic acids is 2. The standard InChI is InChI=1S/C22H22F3N3O5/c1-13(20(29)27-16-3-4-17-18(10-16)32-12-31-17)33-21(30)14-6-8-28(9-7-14)19-5-2-15(11-26-19)22(23,24)25/h2-5,10-11,13-14H,6-9,12H2,1H3,(H,27,29)/t13-/m1/s1. The molecule has 1 saturated heterocycles. The van der Waals surface area contributed by atoms with E-state index in [4.69, 9.17) is 14.2 Å². The summed E-state index contributed by atoms with van der Waals surface area (Å²) in [5, 5.41) is 2.68. The molecule has 33 heavy (non-hydrogen) atoms. The number of alkyl halides is 3. The van der Waals surface area contributed by atoms with Crippen LogP contribution in [0.1, 0.15) is 25.3 Å². The first-order valence-corrected chi connectivity index (χ1v) is 10.4. The Hall–Kier alpha value is -3.50. The number of piperidine rings is 1. The number of hydrogen-bond donors (Lipinski definition) is 1. The van der Waals surface area contributed by atoms with E-state index in [0.717, 1.165) is 12.3 Å². The minimum Gasteiger partial charge on any atom is -0.454 e. The highest BCUT2D eigenvalue weighted by Crippen LogP contribution is 2.34. The van der Waals surface area contributed by atoms with Gasteiger partial charge < -0.3 is 24.4 Å². The van der Waals surface area contributed by atoms with Crippen LogP contribution in [0.3, 0.4) is 0 Å². The zero-order chi connectivity index (χ0) is 23.6. The first-order chi connectivity index (χ1) is 15.7. The Labute approximate surface area is 187 Å². The summed E-state index contributed by atoms with van der Waals surface area (Å²) in [7, 11) is 0. The van der Waals surface area contributed by atoms with Gasteiger partial charge in [0.2, 0.25) is 6.79 Å². The molecule has 1 aromatic heterocycles. The molecule has 0 spiro atoms. The van der Waals surface area contributed by atoms with Crippen LogP contribution in [0.4, 0.5) is 24.7 Å². The molecule has 11 heteroatoms. The number of carbonyl (C=O) groups is 2. The lowest BCUT2D eigenvalue weighted by molar-refractivity contribution is -0.158. The molecule has 1 N–H and O–H groups in total. The summed E-state index contributed by atoms with van der Waals surface area (Å²) in [6, 6.07) is 7.27. The molecule has 2 aromatic rings. The number of benzene rings is 1. The quantitative estimate of drug-likeness (QED) is 0.675. The molecule has 1 atom stereocenters. The Morgan fingerprint density at radius 1 is 1.15 bits per heavy atom. The Kier molecular flexibility index (Phi) is 6.30. The van der Waals surface area contributed by atoms with Crippen LogP contribution < -0.4 is 19.7 Å². The fourth-order valence-electron chi connectivity index (χ4n) is 3.63. The number of pyridine rings is 1. The van der Waals surface area contributed by atoms with Crippen molar-refractivity contribution >= 4 is 23.4 Å². The van der Waals surface area contributed by atoms with Gasteiger partial charge in [-0.3, -0.25) is 9.59 Å². The lowest BCUT2D eigenvalue weighted by Crippen LogP contribution is -2.39. The second-order valence-corrected chi connectivity index (χ2v) is 7.80. The van der Waals surface area contributed by atoms with Crippen LogP contribution in [0.15, 0.2) is 36.5 Å². The van der Waals surface area contributed by atoms with Gasteiger partial charge in [0.05, 0.1) is 11.5 Å². The first-order valence-electron chi connectivity index (χ1n) is 10.4. The number of aromatic nitrogens is 1. The molecule has 1 aromatic carbocycles. The number of halogens is 3. The monoisotopic (exact) mass is 465 g/mol. The summed E-state index contributed by atoms with van der Waals surface area (Å²) in [6.45, 7) is 2.49. The van der Waals surface area contributed by atoms with Crippen LogP contribution in [0, 0.1) is 5.92 Å². The summed E-state index contributed by atoms with van der Waals surface area (Å²) >= 11 is 0. The average Bonchev–Trinajstić information content (AvgIpc) is 3.26. The van der Waals surface area contributed by atoms with E-state index in [2.05, 4.69) is 10.3 Å². The van der Waals surface area contributed by atoms with E-state index in [1.165, 1.54) is 13.0 Å². The van der Waals surface area contributed by atoms with Crippen molar-refractivity contribution in [3.05, 3.63) is 42.1 Å². The molecule has 0 radical (unpaired) electrons. The molecule has 0 bridgehead atoms. The van der Waals surface area contributed by atoms with Gasteiger partial charge in [0.1, 0.15) is 5.82 Å². The number of amides is 1. The van der Waals surface area contributed by atoms with E-state index in [-0.39, 0.29) is 6.79 Å². The van der Waals surface area contributed by atoms with Gasteiger partial charge in [0.25, 0.3) is 5.91 Å². The van der Waals surface area contributed by atoms with Crippen molar-refractivity contribution < 1.29 is 37.0 Å². The molecular formula is C22H22F3N3O5. The molecule has 2 aliphatic rings. The number of anilines is 2. The fraction of sp³-hybridized carbons (Fsp3) is 0.409. The van der Waals surface area contributed by atoms with Gasteiger partial charge in [0.15, 0.2) is 17.6 Å². The summed E-state index contributed by atoms with van der Waals surface area (Å²) < 4.78 is 53.9. The normalized spacial score (nSPS) is 16.9. The summed E-state index contributed by atoms with van der Waals surface area (Å²) in [5.41, 5.74) is -0.317. The largest absolute Gasteiger partial charge is 0.454 e. The molecule has 4 rings (SSSR count). The number of hydrogen-bond acceptors (Lipinski definition) is 7. The molecule has 0 aliphatic carbocycles. The van der Waals surface area contributed by atoms with E-state index in [9.17, 15) is 22.8 Å². The van der Waals surface area contributed by atoms with E-state index in [1.807, 2.05) is 4.90 Å². The highest BCUT2D eigenvalue weighted by molar-refractivity contribution is 5.95. The van der Waals surface area contributed by atoms with Crippen molar-refractivity contribution in [1.29, 1.82) is 0 Å². The summed E-state index contributed by atoms with van der Waals surface area (Å²) in [5.74, 6) is 0.164. The lowest BCUT2D eigenvalue weighted by Gasteiger charge is -2.32. The van der Waals surface area contributed by atoms with Crippen molar-refractivity contribution in [1.82, 2.24) is 4.98 Å². The van der Waals surface area contributed by atoms with Gasteiger partial charge >= 0.3 is 12.1 Å². The van der Waals surface area contributed by atoms with Crippen LogP contribution in [0.25, 0.3) is 0 Å². The third kappa shape index (κ3) is 5.29. The summed E-state index contributed by atoms with van der Waals surface area (Å²) in [4.78, 5) is 30.6. The van der Waals surface area contributed by atoms with Crippen molar-refractivity contribution in [2.45, 2.75) is 32.0 Å². The predicted octanol–water partition coefficient (Wildman–Crippen LogP) is 3.62. The molecule has 1 fully saturated rings. The first kappa shape index (κ1) is 22.7. The number of rotatable bonds is 5. The second-order valence-electron chi connectivity index (χ2n) is 7.80. The van der Waals surface area contributed by atoms with Gasteiger partial charge in [-0.15, -0.1) is 0 Å². The third-order valence-electron chi connectivity index (χ3n) is 5.53. The van der Waals surface area contributed by atoms with Crippen LogP contribution in [-0.4, -0.2) is 42.8 Å². The topological polar surface area (TPSA) is 90.0 Å². The molecule has 176 valence electrons. The number of nitrogens with zero attached hydrogens (tertiary/aromatic N) is 2. The molecule has 0 saturated carbocycles. The maximum Gasteiger partial charge on any atom is 0.417 e. The number of ether oxygens (including phenoxy) is 3. The Morgan fingerprint density at radius 3 is 2.55 bits per heavy atom. The Balaban J connectivity index is 1.26. The van der Waals surface area contributed by atoms with Crippen molar-refractivity contribution in [3.8, 4) is 11.5 Å². The van der Waals surface area contributed by atoms with Gasteiger partial charge in [-0.05, 0) is 44.0 Å². The van der Waals surface area contributed by atoms with Gasteiger partial charge in [-0.2, -0.15) is 13.2 Å². The van der Waals surface area contributed by atoms with E-state index < -0.39 is 35.6 Å². The molecule has 0 unspecified atom stereocenters. The highest BCUT2D eigenvalue weighted by Gasteiger charge is 2.32. The number of fused-ring (bicyclic) bond motifs is 1. The van der Waals surface area contributed by atoms with E-state index in [0.29, 0.717) is 48.9 Å². The third-order valence-corrected chi connectivity index (χ3v) is 5.53. The second kappa shape index (κ2) is 9.16. The molecular weight excluding hydrogens is 443 g/mol. The van der Waals surface area contributed by atoms with Gasteiger partial charge in [0, 0.05) is 31.0 Å². The fourth-order valence-corrected chi connectivity index (χ4v) is 3.63. The van der Waals surface area contributed by atoms with E-state index in [1.54, 1.807) is 18.2 Å². The van der Waals surface area contributed by atoms with Crippen molar-refractivity contribution in [2.75, 3.05) is 30.1 Å². The molecule has 2 aliphatic heterocycles. The smallest absolute Gasteiger partial charge is 0.417 e. The molecule has 1 amide bonds. The van der Waals surface area contributed by atoms with Crippen molar-refractivity contribution in [2.24, 2.45) is 5.92 Å². The van der Waals surface area contributed by atoms with Crippen LogP contribution in [-0.2, 0) is 20.5 Å². The maximum absolute atomic E-state index is 12.7. The Morgan fingerprint density at radius 2 is 1.88 bits per heavy atom. The van der Waals surface area contributed by atoms with E-state index >= 15 is 0 Å². The minimum atomic E-state index is -4.44. The molecule has 3 heterocycles. The van der Waals surface area contributed by atoms with Gasteiger partial charge in [-0.1, -0.05) is 0 Å². The van der Waals surface area contributed by atoms with Gasteiger partial charge in [-0.25, -0.2) is 4.98 Å². The SMILES string of the molecule is C[C@@H](OC(=O)C1CCN(c2ccc(C(F)(F)F)cn2)CC1)C(=O)Nc1ccc2c(c1)OCO2. The lowest BCUT2D eigenvalue weighted by atomic mass is 9.97. The summed E-state index contributed by atoms with van der Waals surface area (Å²) in [6.07, 6.45) is -3.75. The van der Waals surface area contributed by atoms with Crippen molar-refractivity contribution in [3.63, 3.8) is 0 Å². The number of nitrogens with one attached hydrogen (secondary N) is 1. The van der Waals surface area contributed by atoms with Crippen LogP contribution in [0.5, 0.6) is 11.5 Å². The average molecular weight is 465 g/mol. The highest BCUT2D eigenvalue weighted by atomic mass is 19.4. The van der Waals surface area contributed by atoms with Crippen LogP contribution >= 0.6 is 0 Å². The maximum atomic E-state index is 12.7.